The van der Waals surface area contributed by atoms with Crippen molar-refractivity contribution in [1.29, 1.82) is 0 Å². The van der Waals surface area contributed by atoms with Gasteiger partial charge in [-0.2, -0.15) is 0 Å². The Hall–Kier alpha value is -2.13. The molecule has 3 heteroatoms. The largest absolute Gasteiger partial charge is 0.479 e. The van der Waals surface area contributed by atoms with Crippen LogP contribution in [0.2, 0.25) is 0 Å². The molecule has 0 aliphatic carbocycles. The number of carboxylic acid groups (broad SMARTS) is 1. The molecule has 2 aromatic carbocycles. The summed E-state index contributed by atoms with van der Waals surface area (Å²) in [6, 6.07) is 18.8. The highest BCUT2D eigenvalue weighted by Crippen LogP contribution is 2.40. The average molecular weight is 352 g/mol. The molecule has 0 amide bonds. The van der Waals surface area contributed by atoms with E-state index in [2.05, 4.69) is 36.4 Å². The molecule has 0 radical (unpaired) electrons. The van der Waals surface area contributed by atoms with Crippen LogP contribution < -0.4 is 0 Å². The lowest BCUT2D eigenvalue weighted by Crippen LogP contribution is -2.06. The quantitative estimate of drug-likeness (QED) is 0.439. The van der Waals surface area contributed by atoms with E-state index in [1.807, 2.05) is 18.2 Å². The molecular weight excluding hydrogens is 324 g/mol. The number of epoxide rings is 1. The van der Waals surface area contributed by atoms with Crippen molar-refractivity contribution < 1.29 is 14.6 Å². The molecule has 0 spiro atoms. The van der Waals surface area contributed by atoms with Crippen LogP contribution in [-0.4, -0.2) is 17.2 Å². The molecule has 0 bridgehead atoms. The second-order valence-corrected chi connectivity index (χ2v) is 7.12. The van der Waals surface area contributed by atoms with Crippen molar-refractivity contribution >= 4 is 5.97 Å². The minimum atomic E-state index is -0.861. The zero-order chi connectivity index (χ0) is 18.2. The first-order chi connectivity index (χ1) is 12.8. The van der Waals surface area contributed by atoms with Crippen LogP contribution in [0.3, 0.4) is 0 Å². The third-order valence-electron chi connectivity index (χ3n) is 5.10. The number of hydrogen-bond acceptors (Lipinski definition) is 2. The summed E-state index contributed by atoms with van der Waals surface area (Å²) in [5.74, 6) is -0.861. The van der Waals surface area contributed by atoms with Crippen LogP contribution in [0.25, 0.3) is 0 Å². The number of aryl methyl sites for hydroxylation is 2. The summed E-state index contributed by atoms with van der Waals surface area (Å²) in [7, 11) is 0. The fourth-order valence-electron chi connectivity index (χ4n) is 3.57. The Balaban J connectivity index is 1.30. The highest BCUT2D eigenvalue weighted by molar-refractivity contribution is 5.76. The molecule has 1 aliphatic heterocycles. The van der Waals surface area contributed by atoms with Crippen molar-refractivity contribution in [2.75, 3.05) is 0 Å². The van der Waals surface area contributed by atoms with Gasteiger partial charge >= 0.3 is 5.97 Å². The van der Waals surface area contributed by atoms with Crippen molar-refractivity contribution in [3.8, 4) is 0 Å². The Bertz CT molecular complexity index is 696. The molecule has 3 nitrogen and oxygen atoms in total. The minimum absolute atomic E-state index is 0.248. The Kier molecular flexibility index (Phi) is 6.84. The second kappa shape index (κ2) is 9.54. The zero-order valence-electron chi connectivity index (χ0n) is 15.3. The molecule has 1 N–H and O–H groups in total. The van der Waals surface area contributed by atoms with E-state index in [0.29, 0.717) is 0 Å². The molecule has 2 atom stereocenters. The molecule has 2 aromatic rings. The highest BCUT2D eigenvalue weighted by atomic mass is 16.6. The van der Waals surface area contributed by atoms with Crippen LogP contribution in [0.1, 0.15) is 61.3 Å². The van der Waals surface area contributed by atoms with Crippen LogP contribution in [0, 0.1) is 0 Å². The summed E-state index contributed by atoms with van der Waals surface area (Å²) in [6.07, 6.45) is 8.79. The van der Waals surface area contributed by atoms with E-state index in [0.717, 1.165) is 18.4 Å². The molecule has 1 unspecified atom stereocenters. The topological polar surface area (TPSA) is 49.8 Å². The van der Waals surface area contributed by atoms with Crippen LogP contribution >= 0.6 is 0 Å². The lowest BCUT2D eigenvalue weighted by Gasteiger charge is -2.07. The molecule has 1 saturated heterocycles. The van der Waals surface area contributed by atoms with E-state index >= 15 is 0 Å². The standard InChI is InChI=1S/C23H28O3/c24-23(25)22-21(26-22)20-17-11-10-16-19(20)15-9-4-2-1-3-6-12-18-13-7-5-8-14-18/h5,7-8,10-11,13-14,16-17,21-22H,1-4,6,9,12,15H2,(H,24,25)/t21?,22-/m1/s1. The third-order valence-corrected chi connectivity index (χ3v) is 5.10. The minimum Gasteiger partial charge on any atom is -0.479 e. The number of carboxylic acids is 1. The van der Waals surface area contributed by atoms with E-state index < -0.39 is 12.1 Å². The van der Waals surface area contributed by atoms with Crippen molar-refractivity contribution in [2.24, 2.45) is 0 Å². The summed E-state index contributed by atoms with van der Waals surface area (Å²) >= 11 is 0. The van der Waals surface area contributed by atoms with Gasteiger partial charge in [0, 0.05) is 0 Å². The van der Waals surface area contributed by atoms with Gasteiger partial charge < -0.3 is 9.84 Å². The van der Waals surface area contributed by atoms with Crippen LogP contribution in [0.5, 0.6) is 0 Å². The SMILES string of the molecule is O=C(O)[C@@H]1OC1c1ccccc1CCCCCCCCc1ccccc1. The fourth-order valence-corrected chi connectivity index (χ4v) is 3.57. The number of rotatable bonds is 11. The lowest BCUT2D eigenvalue weighted by atomic mass is 9.97. The predicted octanol–water partition coefficient (Wildman–Crippen LogP) is 5.34. The van der Waals surface area contributed by atoms with E-state index in [-0.39, 0.29) is 6.10 Å². The molecule has 0 saturated carbocycles. The summed E-state index contributed by atoms with van der Waals surface area (Å²) in [5, 5.41) is 9.04. The Morgan fingerprint density at radius 1 is 0.808 bits per heavy atom. The van der Waals surface area contributed by atoms with E-state index in [1.54, 1.807) is 0 Å². The van der Waals surface area contributed by atoms with Gasteiger partial charge in [0.05, 0.1) is 0 Å². The Labute approximate surface area is 156 Å². The molecule has 1 fully saturated rings. The number of hydrogen-bond donors (Lipinski definition) is 1. The van der Waals surface area contributed by atoms with Gasteiger partial charge in [0.1, 0.15) is 6.10 Å². The van der Waals surface area contributed by atoms with Crippen molar-refractivity contribution in [3.63, 3.8) is 0 Å². The van der Waals surface area contributed by atoms with Crippen LogP contribution in [0.15, 0.2) is 54.6 Å². The maximum absolute atomic E-state index is 11.0. The zero-order valence-corrected chi connectivity index (χ0v) is 15.3. The molecule has 1 heterocycles. The van der Waals surface area contributed by atoms with E-state index in [1.165, 1.54) is 49.7 Å². The lowest BCUT2D eigenvalue weighted by molar-refractivity contribution is -0.138. The molecule has 1 aliphatic rings. The predicted molar refractivity (Wildman–Crippen MR) is 103 cm³/mol. The third kappa shape index (κ3) is 5.43. The van der Waals surface area contributed by atoms with Gasteiger partial charge in [0.2, 0.25) is 0 Å². The number of unbranched alkanes of at least 4 members (excludes halogenated alkanes) is 5. The Morgan fingerprint density at radius 2 is 1.42 bits per heavy atom. The van der Waals surface area contributed by atoms with Crippen molar-refractivity contribution in [2.45, 2.75) is 63.6 Å². The van der Waals surface area contributed by atoms with E-state index in [9.17, 15) is 4.79 Å². The second-order valence-electron chi connectivity index (χ2n) is 7.12. The van der Waals surface area contributed by atoms with Crippen LogP contribution in [-0.2, 0) is 22.4 Å². The number of carbonyl (C=O) groups is 1. The first-order valence-electron chi connectivity index (χ1n) is 9.75. The van der Waals surface area contributed by atoms with Gasteiger partial charge in [0.15, 0.2) is 6.10 Å². The average Bonchev–Trinajstić information content (AvgIpc) is 3.46. The number of ether oxygens (including phenoxy) is 1. The summed E-state index contributed by atoms with van der Waals surface area (Å²) in [5.41, 5.74) is 3.74. The molecule has 3 rings (SSSR count). The van der Waals surface area contributed by atoms with Gasteiger partial charge in [-0.1, -0.05) is 80.3 Å². The van der Waals surface area contributed by atoms with Gasteiger partial charge in [0.25, 0.3) is 0 Å². The van der Waals surface area contributed by atoms with Gasteiger partial charge in [-0.25, -0.2) is 4.79 Å². The highest BCUT2D eigenvalue weighted by Gasteiger charge is 2.47. The first kappa shape index (κ1) is 18.7. The maximum atomic E-state index is 11.0. The Morgan fingerprint density at radius 3 is 2.12 bits per heavy atom. The monoisotopic (exact) mass is 352 g/mol. The normalized spacial score (nSPS) is 18.6. The van der Waals surface area contributed by atoms with E-state index in [4.69, 9.17) is 9.84 Å². The first-order valence-corrected chi connectivity index (χ1v) is 9.75. The molecule has 26 heavy (non-hydrogen) atoms. The summed E-state index contributed by atoms with van der Waals surface area (Å²) in [6.45, 7) is 0. The molecular formula is C23H28O3. The number of benzene rings is 2. The summed E-state index contributed by atoms with van der Waals surface area (Å²) < 4.78 is 5.31. The van der Waals surface area contributed by atoms with Crippen LogP contribution in [0.4, 0.5) is 0 Å². The smallest absolute Gasteiger partial charge is 0.335 e. The van der Waals surface area contributed by atoms with Gasteiger partial charge in [-0.3, -0.25) is 0 Å². The number of aliphatic carboxylic acids is 1. The van der Waals surface area contributed by atoms with Crippen molar-refractivity contribution in [1.82, 2.24) is 0 Å². The fraction of sp³-hybridized carbons (Fsp3) is 0.435. The van der Waals surface area contributed by atoms with Gasteiger partial charge in [-0.15, -0.1) is 0 Å². The maximum Gasteiger partial charge on any atom is 0.335 e. The van der Waals surface area contributed by atoms with Crippen molar-refractivity contribution in [3.05, 3.63) is 71.3 Å². The molecule has 0 aromatic heterocycles. The summed E-state index contributed by atoms with van der Waals surface area (Å²) in [4.78, 5) is 11.0. The van der Waals surface area contributed by atoms with Gasteiger partial charge in [-0.05, 0) is 42.4 Å². The molecule has 138 valence electrons.